The molecule has 0 amide bonds. The molecule has 0 atom stereocenters. The Bertz CT molecular complexity index is 326. The average molecular weight is 244 g/mol. The van der Waals surface area contributed by atoms with Crippen molar-refractivity contribution in [2.24, 2.45) is 5.73 Å². The first-order valence-corrected chi connectivity index (χ1v) is 6.16. The maximum atomic E-state index is 13.8. The zero-order chi connectivity index (χ0) is 12.2. The smallest absolute Gasteiger partial charge is 0.129 e. The van der Waals surface area contributed by atoms with Crippen molar-refractivity contribution in [1.82, 2.24) is 0 Å². The molecular formula is C13H19ClFN. The molecule has 0 aliphatic carbocycles. The molecule has 0 aliphatic heterocycles. The van der Waals surface area contributed by atoms with E-state index in [1.54, 1.807) is 12.1 Å². The van der Waals surface area contributed by atoms with E-state index in [2.05, 4.69) is 0 Å². The first-order valence-electron chi connectivity index (χ1n) is 5.78. The highest BCUT2D eigenvalue weighted by atomic mass is 35.5. The highest BCUT2D eigenvalue weighted by Crippen LogP contribution is 2.35. The van der Waals surface area contributed by atoms with Crippen molar-refractivity contribution in [2.45, 2.75) is 45.1 Å². The third kappa shape index (κ3) is 2.74. The molecule has 2 N–H and O–H groups in total. The molecule has 0 fully saturated rings. The molecule has 0 bridgehead atoms. The van der Waals surface area contributed by atoms with Gasteiger partial charge in [-0.3, -0.25) is 0 Å². The maximum absolute atomic E-state index is 13.8. The number of hydrogen-bond acceptors (Lipinski definition) is 1. The molecule has 0 aliphatic rings. The van der Waals surface area contributed by atoms with Crippen LogP contribution in [0.5, 0.6) is 0 Å². The molecule has 1 aromatic carbocycles. The summed E-state index contributed by atoms with van der Waals surface area (Å²) in [6, 6.07) is 4.74. The lowest BCUT2D eigenvalue weighted by Crippen LogP contribution is -2.37. The fourth-order valence-electron chi connectivity index (χ4n) is 2.24. The second-order valence-corrected chi connectivity index (χ2v) is 4.66. The molecule has 3 heteroatoms. The first kappa shape index (κ1) is 13.5. The summed E-state index contributed by atoms with van der Waals surface area (Å²) in [5, 5.41) is 0.435. The fraction of sp³-hybridized carbons (Fsp3) is 0.538. The predicted molar refractivity (Wildman–Crippen MR) is 67.1 cm³/mol. The van der Waals surface area contributed by atoms with Crippen LogP contribution in [-0.4, -0.2) is 0 Å². The van der Waals surface area contributed by atoms with Gasteiger partial charge in [-0.25, -0.2) is 4.39 Å². The van der Waals surface area contributed by atoms with Crippen LogP contribution in [0.25, 0.3) is 0 Å². The summed E-state index contributed by atoms with van der Waals surface area (Å²) >= 11 is 6.07. The standard InChI is InChI=1S/C13H19ClFN/c1-3-8-13(16,9-4-2)12-10(14)6-5-7-11(12)15/h5-7H,3-4,8-9,16H2,1-2H3. The molecule has 90 valence electrons. The lowest BCUT2D eigenvalue weighted by molar-refractivity contribution is 0.354. The van der Waals surface area contributed by atoms with Gasteiger partial charge in [0.05, 0.1) is 0 Å². The number of benzene rings is 1. The molecule has 1 rings (SSSR count). The van der Waals surface area contributed by atoms with Gasteiger partial charge in [-0.2, -0.15) is 0 Å². The lowest BCUT2D eigenvalue weighted by atomic mass is 9.82. The summed E-state index contributed by atoms with van der Waals surface area (Å²) in [5.74, 6) is -0.295. The van der Waals surface area contributed by atoms with Crippen LogP contribution in [0.2, 0.25) is 5.02 Å². The third-order valence-electron chi connectivity index (χ3n) is 2.85. The van der Waals surface area contributed by atoms with E-state index in [-0.39, 0.29) is 5.82 Å². The summed E-state index contributed by atoms with van der Waals surface area (Å²) in [4.78, 5) is 0. The molecule has 0 radical (unpaired) electrons. The van der Waals surface area contributed by atoms with Gasteiger partial charge in [0.2, 0.25) is 0 Å². The van der Waals surface area contributed by atoms with E-state index >= 15 is 0 Å². The van der Waals surface area contributed by atoms with Crippen LogP contribution in [0, 0.1) is 5.82 Å². The topological polar surface area (TPSA) is 26.0 Å². The zero-order valence-electron chi connectivity index (χ0n) is 9.89. The van der Waals surface area contributed by atoms with Crippen LogP contribution in [0.15, 0.2) is 18.2 Å². The number of nitrogens with two attached hydrogens (primary N) is 1. The number of rotatable bonds is 5. The van der Waals surface area contributed by atoms with Crippen LogP contribution in [0.1, 0.15) is 45.1 Å². The number of hydrogen-bond donors (Lipinski definition) is 1. The Morgan fingerprint density at radius 3 is 2.25 bits per heavy atom. The van der Waals surface area contributed by atoms with E-state index in [1.807, 2.05) is 13.8 Å². The van der Waals surface area contributed by atoms with Crippen LogP contribution in [-0.2, 0) is 5.54 Å². The molecule has 0 unspecified atom stereocenters. The second-order valence-electron chi connectivity index (χ2n) is 4.25. The van der Waals surface area contributed by atoms with Crippen molar-refractivity contribution in [3.05, 3.63) is 34.6 Å². The van der Waals surface area contributed by atoms with Gasteiger partial charge in [0, 0.05) is 16.1 Å². The van der Waals surface area contributed by atoms with Crippen LogP contribution in [0.4, 0.5) is 4.39 Å². The maximum Gasteiger partial charge on any atom is 0.129 e. The summed E-state index contributed by atoms with van der Waals surface area (Å²) in [6.45, 7) is 4.10. The molecule has 0 spiro atoms. The molecular weight excluding hydrogens is 225 g/mol. The summed E-state index contributed by atoms with van der Waals surface area (Å²) < 4.78 is 13.8. The Labute approximate surface area is 102 Å². The van der Waals surface area contributed by atoms with Crippen LogP contribution >= 0.6 is 11.6 Å². The minimum atomic E-state index is -0.633. The van der Waals surface area contributed by atoms with E-state index in [0.717, 1.165) is 25.7 Å². The predicted octanol–water partition coefficient (Wildman–Crippen LogP) is 4.23. The normalized spacial score (nSPS) is 11.8. The van der Waals surface area contributed by atoms with E-state index < -0.39 is 5.54 Å². The second kappa shape index (κ2) is 5.65. The average Bonchev–Trinajstić information content (AvgIpc) is 2.17. The summed E-state index contributed by atoms with van der Waals surface area (Å²) in [7, 11) is 0. The van der Waals surface area contributed by atoms with Crippen molar-refractivity contribution in [3.8, 4) is 0 Å². The SMILES string of the molecule is CCCC(N)(CCC)c1c(F)cccc1Cl. The largest absolute Gasteiger partial charge is 0.321 e. The highest BCUT2D eigenvalue weighted by molar-refractivity contribution is 6.31. The lowest BCUT2D eigenvalue weighted by Gasteiger charge is -2.30. The van der Waals surface area contributed by atoms with Gasteiger partial charge in [-0.1, -0.05) is 44.4 Å². The van der Waals surface area contributed by atoms with E-state index in [4.69, 9.17) is 17.3 Å². The summed E-state index contributed by atoms with van der Waals surface area (Å²) in [5.41, 5.74) is 6.16. The van der Waals surface area contributed by atoms with E-state index in [0.29, 0.717) is 10.6 Å². The van der Waals surface area contributed by atoms with Gasteiger partial charge in [-0.15, -0.1) is 0 Å². The van der Waals surface area contributed by atoms with Gasteiger partial charge < -0.3 is 5.73 Å². The molecule has 0 aromatic heterocycles. The Morgan fingerprint density at radius 2 is 1.81 bits per heavy atom. The Kier molecular flexibility index (Phi) is 4.75. The number of halogens is 2. The van der Waals surface area contributed by atoms with Crippen molar-refractivity contribution in [3.63, 3.8) is 0 Å². The van der Waals surface area contributed by atoms with Gasteiger partial charge in [-0.05, 0) is 25.0 Å². The van der Waals surface area contributed by atoms with Crippen molar-refractivity contribution < 1.29 is 4.39 Å². The minimum absolute atomic E-state index is 0.295. The van der Waals surface area contributed by atoms with Gasteiger partial charge in [0.1, 0.15) is 5.82 Å². The van der Waals surface area contributed by atoms with Crippen LogP contribution < -0.4 is 5.73 Å². The quantitative estimate of drug-likeness (QED) is 0.823. The Balaban J connectivity index is 3.19. The molecule has 0 saturated carbocycles. The van der Waals surface area contributed by atoms with Gasteiger partial charge in [0.25, 0.3) is 0 Å². The third-order valence-corrected chi connectivity index (χ3v) is 3.17. The first-order chi connectivity index (χ1) is 7.55. The summed E-state index contributed by atoms with van der Waals surface area (Å²) in [6.07, 6.45) is 3.34. The van der Waals surface area contributed by atoms with E-state index in [9.17, 15) is 4.39 Å². The van der Waals surface area contributed by atoms with Crippen LogP contribution in [0.3, 0.4) is 0 Å². The molecule has 1 aromatic rings. The van der Waals surface area contributed by atoms with Crippen molar-refractivity contribution in [2.75, 3.05) is 0 Å². The van der Waals surface area contributed by atoms with Crippen molar-refractivity contribution >= 4 is 11.6 Å². The Hall–Kier alpha value is -0.600. The van der Waals surface area contributed by atoms with Gasteiger partial charge >= 0.3 is 0 Å². The zero-order valence-corrected chi connectivity index (χ0v) is 10.6. The highest BCUT2D eigenvalue weighted by Gasteiger charge is 2.30. The molecule has 0 heterocycles. The minimum Gasteiger partial charge on any atom is -0.321 e. The molecule has 1 nitrogen and oxygen atoms in total. The van der Waals surface area contributed by atoms with Gasteiger partial charge in [0.15, 0.2) is 0 Å². The van der Waals surface area contributed by atoms with Crippen molar-refractivity contribution in [1.29, 1.82) is 0 Å². The monoisotopic (exact) mass is 243 g/mol. The Morgan fingerprint density at radius 1 is 1.25 bits per heavy atom. The molecule has 0 saturated heterocycles. The fourth-order valence-corrected chi connectivity index (χ4v) is 2.59. The molecule has 16 heavy (non-hydrogen) atoms. The van der Waals surface area contributed by atoms with E-state index in [1.165, 1.54) is 6.07 Å².